The topological polar surface area (TPSA) is 104 Å². The predicted octanol–water partition coefficient (Wildman–Crippen LogP) is 4.62. The molecule has 1 heterocycles. The highest BCUT2D eigenvalue weighted by atomic mass is 16.2. The molecule has 8 heteroatoms. The van der Waals surface area contributed by atoms with Crippen molar-refractivity contribution in [3.05, 3.63) is 111 Å². The van der Waals surface area contributed by atoms with E-state index in [4.69, 9.17) is 5.73 Å². The lowest BCUT2D eigenvalue weighted by atomic mass is 9.64. The summed E-state index contributed by atoms with van der Waals surface area (Å²) in [5.41, 5.74) is 16.3. The van der Waals surface area contributed by atoms with Crippen LogP contribution in [0, 0.1) is 6.92 Å². The summed E-state index contributed by atoms with van der Waals surface area (Å²) in [6.07, 6.45) is 6.21. The van der Waals surface area contributed by atoms with Crippen molar-refractivity contribution in [2.24, 2.45) is 5.73 Å². The number of fused-ring (bicyclic) bond motifs is 1. The molecule has 1 unspecified atom stereocenters. The molecule has 2 aliphatic carbocycles. The van der Waals surface area contributed by atoms with Gasteiger partial charge >= 0.3 is 0 Å². The lowest BCUT2D eigenvalue weighted by Gasteiger charge is -2.39. The van der Waals surface area contributed by atoms with Crippen molar-refractivity contribution >= 4 is 5.91 Å². The standard InChI is InChI=1S/C32H39N7O/c1-20-7-9-22(10-8-20)29(33)19-32(31-34-36-37-35-31)27-15-13-23(21(2)38(3)4)17-24(27)11-12-25-18-26(14-16-28(25)32)30(40)39(5)6/h7-10,14,16-18,29H,2,11-13,15,19,33H2,1,3-6H3,(H,34,35,36,37)/t29-,32?/m0/s1. The van der Waals surface area contributed by atoms with Crippen molar-refractivity contribution in [3.63, 3.8) is 0 Å². The van der Waals surface area contributed by atoms with E-state index in [1.807, 2.05) is 26.2 Å². The minimum Gasteiger partial charge on any atom is -0.378 e. The number of tetrazole rings is 1. The van der Waals surface area contributed by atoms with Gasteiger partial charge in [0.25, 0.3) is 5.91 Å². The second-order valence-electron chi connectivity index (χ2n) is 11.4. The highest BCUT2D eigenvalue weighted by Gasteiger charge is 2.47. The molecule has 5 rings (SSSR count). The van der Waals surface area contributed by atoms with Crippen LogP contribution in [-0.2, 0) is 11.8 Å². The Bertz CT molecular complexity index is 1480. The molecule has 0 saturated carbocycles. The molecule has 2 aliphatic rings. The van der Waals surface area contributed by atoms with Gasteiger partial charge in [-0.05, 0) is 84.6 Å². The van der Waals surface area contributed by atoms with Crippen molar-refractivity contribution in [3.8, 4) is 0 Å². The number of hydrogen-bond acceptors (Lipinski definition) is 6. The Morgan fingerprint density at radius 2 is 1.80 bits per heavy atom. The maximum atomic E-state index is 13.0. The molecule has 208 valence electrons. The Balaban J connectivity index is 1.75. The minimum absolute atomic E-state index is 0.0178. The number of carbonyl (C=O) groups is 1. The molecule has 0 spiro atoms. The number of nitrogens with zero attached hydrogens (tertiary/aromatic N) is 5. The van der Waals surface area contributed by atoms with Gasteiger partial charge in [-0.3, -0.25) is 4.79 Å². The van der Waals surface area contributed by atoms with Crippen molar-refractivity contribution in [1.82, 2.24) is 30.4 Å². The molecule has 1 amide bonds. The summed E-state index contributed by atoms with van der Waals surface area (Å²) >= 11 is 0. The minimum atomic E-state index is -0.709. The number of aryl methyl sites for hydroxylation is 2. The first-order chi connectivity index (χ1) is 19.1. The number of amides is 1. The largest absolute Gasteiger partial charge is 0.378 e. The average Bonchev–Trinajstić information content (AvgIpc) is 3.45. The van der Waals surface area contributed by atoms with Gasteiger partial charge in [0.15, 0.2) is 5.82 Å². The van der Waals surface area contributed by atoms with Gasteiger partial charge in [-0.15, -0.1) is 10.2 Å². The van der Waals surface area contributed by atoms with Gasteiger partial charge in [-0.25, -0.2) is 0 Å². The maximum Gasteiger partial charge on any atom is 0.253 e. The number of nitrogens with two attached hydrogens (primary N) is 1. The quantitative estimate of drug-likeness (QED) is 0.456. The number of nitrogens with one attached hydrogen (secondary N) is 1. The molecule has 1 aromatic heterocycles. The van der Waals surface area contributed by atoms with E-state index in [-0.39, 0.29) is 11.9 Å². The van der Waals surface area contributed by atoms with Crippen molar-refractivity contribution in [2.45, 2.75) is 50.5 Å². The van der Waals surface area contributed by atoms with Crippen LogP contribution in [0.5, 0.6) is 0 Å². The first-order valence-electron chi connectivity index (χ1n) is 13.8. The number of benzene rings is 2. The molecule has 0 fully saturated rings. The molecule has 0 aliphatic heterocycles. The van der Waals surface area contributed by atoms with Crippen LogP contribution in [0.3, 0.4) is 0 Å². The van der Waals surface area contributed by atoms with Gasteiger partial charge in [0.2, 0.25) is 0 Å². The molecule has 0 bridgehead atoms. The van der Waals surface area contributed by atoms with Gasteiger partial charge < -0.3 is 15.5 Å². The van der Waals surface area contributed by atoms with Gasteiger partial charge in [0.1, 0.15) is 0 Å². The summed E-state index contributed by atoms with van der Waals surface area (Å²) in [4.78, 5) is 16.6. The normalized spacial score (nSPS) is 19.2. The van der Waals surface area contributed by atoms with Crippen molar-refractivity contribution in [1.29, 1.82) is 0 Å². The smallest absolute Gasteiger partial charge is 0.253 e. The maximum absolute atomic E-state index is 13.0. The van der Waals surface area contributed by atoms with Gasteiger partial charge in [0, 0.05) is 45.5 Å². The summed E-state index contributed by atoms with van der Waals surface area (Å²) in [6.45, 7) is 6.42. The molecule has 0 saturated heterocycles. The predicted molar refractivity (Wildman–Crippen MR) is 158 cm³/mol. The van der Waals surface area contributed by atoms with E-state index >= 15 is 0 Å². The van der Waals surface area contributed by atoms with E-state index in [2.05, 4.69) is 75.4 Å². The molecular weight excluding hydrogens is 498 g/mol. The second-order valence-corrected chi connectivity index (χ2v) is 11.4. The lowest BCUT2D eigenvalue weighted by molar-refractivity contribution is 0.0827. The molecule has 2 atom stereocenters. The number of H-pyrrole nitrogens is 1. The number of aromatic amines is 1. The molecular formula is C32H39N7O. The SMILES string of the molecule is C=C(C1=CC2=C(CC1)C(C[C@H](N)c1ccc(C)cc1)(c1nn[nH]n1)c1ccc(C(=O)N(C)C)cc1CC2)N(C)C. The highest BCUT2D eigenvalue weighted by Crippen LogP contribution is 2.52. The summed E-state index contributed by atoms with van der Waals surface area (Å²) < 4.78 is 0. The number of hydrogen-bond donors (Lipinski definition) is 2. The number of carbonyl (C=O) groups excluding carboxylic acids is 1. The lowest BCUT2D eigenvalue weighted by Crippen LogP contribution is -2.37. The summed E-state index contributed by atoms with van der Waals surface area (Å²) in [5.74, 6) is 0.594. The van der Waals surface area contributed by atoms with Crippen molar-refractivity contribution in [2.75, 3.05) is 28.2 Å². The van der Waals surface area contributed by atoms with Gasteiger partial charge in [-0.1, -0.05) is 53.8 Å². The molecule has 0 radical (unpaired) electrons. The third-order valence-corrected chi connectivity index (χ3v) is 8.45. The monoisotopic (exact) mass is 537 g/mol. The number of rotatable bonds is 7. The van der Waals surface area contributed by atoms with Crippen LogP contribution in [0.4, 0.5) is 0 Å². The molecule has 2 aromatic carbocycles. The third kappa shape index (κ3) is 4.88. The van der Waals surface area contributed by atoms with Crippen LogP contribution in [0.2, 0.25) is 0 Å². The third-order valence-electron chi connectivity index (χ3n) is 8.45. The number of allylic oxidation sites excluding steroid dienone is 4. The molecule has 8 nitrogen and oxygen atoms in total. The zero-order chi connectivity index (χ0) is 28.6. The zero-order valence-corrected chi connectivity index (χ0v) is 24.2. The number of likely N-dealkylation sites (N-methyl/N-ethyl adjacent to an activating group) is 1. The second kappa shape index (κ2) is 10.8. The Morgan fingerprint density at radius 1 is 1.05 bits per heavy atom. The summed E-state index contributed by atoms with van der Waals surface area (Å²) in [7, 11) is 7.62. The first-order valence-corrected chi connectivity index (χ1v) is 13.8. The van der Waals surface area contributed by atoms with Crippen LogP contribution in [0.1, 0.15) is 70.2 Å². The van der Waals surface area contributed by atoms with Crippen LogP contribution < -0.4 is 5.73 Å². The Morgan fingerprint density at radius 3 is 2.45 bits per heavy atom. The van der Waals surface area contributed by atoms with Gasteiger partial charge in [0.05, 0.1) is 5.41 Å². The van der Waals surface area contributed by atoms with Crippen LogP contribution in [-0.4, -0.2) is 64.5 Å². The van der Waals surface area contributed by atoms with E-state index < -0.39 is 5.41 Å². The average molecular weight is 538 g/mol. The van der Waals surface area contributed by atoms with E-state index in [0.717, 1.165) is 48.1 Å². The number of aromatic nitrogens is 4. The fourth-order valence-corrected chi connectivity index (χ4v) is 6.24. The van der Waals surface area contributed by atoms with Crippen LogP contribution in [0.25, 0.3) is 0 Å². The van der Waals surface area contributed by atoms with E-state index in [1.54, 1.807) is 19.0 Å². The summed E-state index contributed by atoms with van der Waals surface area (Å²) in [5, 5.41) is 16.0. The molecule has 3 N–H and O–H groups in total. The van der Waals surface area contributed by atoms with Gasteiger partial charge in [-0.2, -0.15) is 5.21 Å². The molecule has 40 heavy (non-hydrogen) atoms. The molecule has 3 aromatic rings. The zero-order valence-electron chi connectivity index (χ0n) is 24.2. The van der Waals surface area contributed by atoms with E-state index in [1.165, 1.54) is 22.3 Å². The fraction of sp³-hybridized carbons (Fsp3) is 0.375. The van der Waals surface area contributed by atoms with E-state index in [0.29, 0.717) is 17.8 Å². The van der Waals surface area contributed by atoms with E-state index in [9.17, 15) is 4.79 Å². The van der Waals surface area contributed by atoms with Crippen molar-refractivity contribution < 1.29 is 4.79 Å². The fourth-order valence-electron chi connectivity index (χ4n) is 6.24. The first kappa shape index (κ1) is 27.5. The van der Waals surface area contributed by atoms with Crippen LogP contribution in [0.15, 0.2) is 77.5 Å². The highest BCUT2D eigenvalue weighted by molar-refractivity contribution is 5.94. The Hall–Kier alpha value is -4.04. The summed E-state index contributed by atoms with van der Waals surface area (Å²) in [6, 6.07) is 14.2. The van der Waals surface area contributed by atoms with Crippen LogP contribution >= 0.6 is 0 Å². The Labute approximate surface area is 236 Å². The Kier molecular flexibility index (Phi) is 7.47.